The van der Waals surface area contributed by atoms with Crippen molar-refractivity contribution in [3.05, 3.63) is 0 Å². The van der Waals surface area contributed by atoms with Gasteiger partial charge in [0.25, 0.3) is 0 Å². The summed E-state index contributed by atoms with van der Waals surface area (Å²) in [6, 6.07) is 1.20. The van der Waals surface area contributed by atoms with Gasteiger partial charge in [-0.05, 0) is 33.1 Å². The maximum absolute atomic E-state index is 9.15. The molecule has 1 aliphatic heterocycles. The van der Waals surface area contributed by atoms with Crippen LogP contribution in [0.4, 0.5) is 0 Å². The lowest BCUT2D eigenvalue weighted by Gasteiger charge is -2.29. The van der Waals surface area contributed by atoms with Crippen molar-refractivity contribution in [1.29, 1.82) is 0 Å². The Morgan fingerprint density at radius 3 is 2.82 bits per heavy atom. The molecule has 0 aromatic heterocycles. The first-order chi connectivity index (χ1) is 5.18. The van der Waals surface area contributed by atoms with Crippen LogP contribution in [0.2, 0.25) is 0 Å². The van der Waals surface area contributed by atoms with E-state index >= 15 is 0 Å². The van der Waals surface area contributed by atoms with Crippen LogP contribution < -0.4 is 5.32 Å². The number of rotatable bonds is 2. The van der Waals surface area contributed by atoms with Crippen molar-refractivity contribution in [2.45, 2.75) is 57.7 Å². The Kier molecular flexibility index (Phi) is 3.34. The minimum absolute atomic E-state index is 0.155. The van der Waals surface area contributed by atoms with Crippen LogP contribution in [0.1, 0.15) is 39.5 Å². The molecule has 1 fully saturated rings. The zero-order valence-corrected chi connectivity index (χ0v) is 7.51. The Balaban J connectivity index is 2.23. The molecule has 0 bridgehead atoms. The highest BCUT2D eigenvalue weighted by atomic mass is 16.3. The van der Waals surface area contributed by atoms with Crippen molar-refractivity contribution in [3.8, 4) is 0 Å². The van der Waals surface area contributed by atoms with Crippen molar-refractivity contribution in [2.24, 2.45) is 0 Å². The van der Waals surface area contributed by atoms with E-state index < -0.39 is 0 Å². The summed E-state index contributed by atoms with van der Waals surface area (Å²) in [5, 5.41) is 12.6. The minimum Gasteiger partial charge on any atom is -0.393 e. The molecule has 66 valence electrons. The summed E-state index contributed by atoms with van der Waals surface area (Å²) in [7, 11) is 0. The van der Waals surface area contributed by atoms with Gasteiger partial charge >= 0.3 is 0 Å². The van der Waals surface area contributed by atoms with Crippen LogP contribution in [0.5, 0.6) is 0 Å². The van der Waals surface area contributed by atoms with Crippen molar-refractivity contribution >= 4 is 0 Å². The van der Waals surface area contributed by atoms with Crippen LogP contribution in [0.3, 0.4) is 0 Å². The maximum atomic E-state index is 9.15. The second kappa shape index (κ2) is 4.07. The lowest BCUT2D eigenvalue weighted by Crippen LogP contribution is -2.41. The van der Waals surface area contributed by atoms with Crippen molar-refractivity contribution in [2.75, 3.05) is 0 Å². The van der Waals surface area contributed by atoms with E-state index in [-0.39, 0.29) is 6.10 Å². The van der Waals surface area contributed by atoms with Gasteiger partial charge < -0.3 is 10.4 Å². The van der Waals surface area contributed by atoms with Gasteiger partial charge in [0.1, 0.15) is 0 Å². The molecular weight excluding hydrogens is 138 g/mol. The lowest BCUT2D eigenvalue weighted by atomic mass is 9.96. The second-order valence-corrected chi connectivity index (χ2v) is 3.78. The Labute approximate surface area is 69.0 Å². The predicted molar refractivity (Wildman–Crippen MR) is 46.5 cm³/mol. The average molecular weight is 157 g/mol. The standard InChI is InChI=1S/C9H19NO/c1-7-4-3-5-9(10-7)6-8(2)11/h7-11H,3-6H2,1-2H3/t7-,8?,9-/m0/s1. The molecule has 3 atom stereocenters. The lowest BCUT2D eigenvalue weighted by molar-refractivity contribution is 0.154. The Morgan fingerprint density at radius 2 is 2.27 bits per heavy atom. The van der Waals surface area contributed by atoms with Gasteiger partial charge in [-0.15, -0.1) is 0 Å². The van der Waals surface area contributed by atoms with Gasteiger partial charge in [0.15, 0.2) is 0 Å². The largest absolute Gasteiger partial charge is 0.393 e. The zero-order valence-electron chi connectivity index (χ0n) is 7.51. The van der Waals surface area contributed by atoms with Crippen LogP contribution in [0.25, 0.3) is 0 Å². The molecule has 2 heteroatoms. The highest BCUT2D eigenvalue weighted by molar-refractivity contribution is 4.78. The minimum atomic E-state index is -0.155. The van der Waals surface area contributed by atoms with Gasteiger partial charge in [0.2, 0.25) is 0 Å². The Bertz CT molecular complexity index is 112. The maximum Gasteiger partial charge on any atom is 0.0526 e. The Hall–Kier alpha value is -0.0800. The normalized spacial score (nSPS) is 35.2. The quantitative estimate of drug-likeness (QED) is 0.633. The molecular formula is C9H19NO. The molecule has 0 spiro atoms. The first-order valence-corrected chi connectivity index (χ1v) is 4.62. The van der Waals surface area contributed by atoms with Gasteiger partial charge in [0, 0.05) is 12.1 Å². The molecule has 1 rings (SSSR count). The summed E-state index contributed by atoms with van der Waals surface area (Å²) in [4.78, 5) is 0. The van der Waals surface area contributed by atoms with E-state index in [1.54, 1.807) is 0 Å². The zero-order chi connectivity index (χ0) is 8.27. The number of nitrogens with one attached hydrogen (secondary N) is 1. The first-order valence-electron chi connectivity index (χ1n) is 4.62. The van der Waals surface area contributed by atoms with Crippen LogP contribution >= 0.6 is 0 Å². The van der Waals surface area contributed by atoms with Gasteiger partial charge in [-0.2, -0.15) is 0 Å². The molecule has 11 heavy (non-hydrogen) atoms. The third kappa shape index (κ3) is 3.21. The van der Waals surface area contributed by atoms with Gasteiger partial charge in [-0.3, -0.25) is 0 Å². The summed E-state index contributed by atoms with van der Waals surface area (Å²) < 4.78 is 0. The van der Waals surface area contributed by atoms with E-state index in [2.05, 4.69) is 12.2 Å². The van der Waals surface area contributed by atoms with E-state index in [0.717, 1.165) is 6.42 Å². The molecule has 1 aliphatic rings. The van der Waals surface area contributed by atoms with E-state index in [0.29, 0.717) is 12.1 Å². The average Bonchev–Trinajstić information content (AvgIpc) is 1.85. The van der Waals surface area contributed by atoms with Gasteiger partial charge in [0.05, 0.1) is 6.10 Å². The number of hydrogen-bond donors (Lipinski definition) is 2. The SMILES string of the molecule is CC(O)C[C@@H]1CCC[C@H](C)N1. The van der Waals surface area contributed by atoms with Crippen molar-refractivity contribution < 1.29 is 5.11 Å². The van der Waals surface area contributed by atoms with Crippen molar-refractivity contribution in [3.63, 3.8) is 0 Å². The molecule has 0 amide bonds. The highest BCUT2D eigenvalue weighted by Crippen LogP contribution is 2.15. The molecule has 0 aromatic rings. The summed E-state index contributed by atoms with van der Waals surface area (Å²) in [6.07, 6.45) is 4.58. The molecule has 0 saturated carbocycles. The van der Waals surface area contributed by atoms with E-state index in [4.69, 9.17) is 5.11 Å². The second-order valence-electron chi connectivity index (χ2n) is 3.78. The topological polar surface area (TPSA) is 32.3 Å². The van der Waals surface area contributed by atoms with Gasteiger partial charge in [-0.1, -0.05) is 6.42 Å². The molecule has 1 saturated heterocycles. The van der Waals surface area contributed by atoms with Crippen molar-refractivity contribution in [1.82, 2.24) is 5.32 Å². The van der Waals surface area contributed by atoms with E-state index in [1.165, 1.54) is 19.3 Å². The van der Waals surface area contributed by atoms with Crippen LogP contribution in [0.15, 0.2) is 0 Å². The fourth-order valence-corrected chi connectivity index (χ4v) is 1.84. The smallest absolute Gasteiger partial charge is 0.0526 e. The first kappa shape index (κ1) is 9.01. The fourth-order valence-electron chi connectivity index (χ4n) is 1.84. The third-order valence-electron chi connectivity index (χ3n) is 2.34. The molecule has 1 unspecified atom stereocenters. The number of aliphatic hydroxyl groups excluding tert-OH is 1. The number of aliphatic hydroxyl groups is 1. The predicted octanol–water partition coefficient (Wildman–Crippen LogP) is 1.29. The molecule has 0 radical (unpaired) electrons. The highest BCUT2D eigenvalue weighted by Gasteiger charge is 2.18. The third-order valence-corrected chi connectivity index (χ3v) is 2.34. The van der Waals surface area contributed by atoms with Crippen LogP contribution in [-0.4, -0.2) is 23.3 Å². The van der Waals surface area contributed by atoms with Crippen LogP contribution in [-0.2, 0) is 0 Å². The van der Waals surface area contributed by atoms with E-state index in [9.17, 15) is 0 Å². The molecule has 2 nitrogen and oxygen atoms in total. The Morgan fingerprint density at radius 1 is 1.55 bits per heavy atom. The fraction of sp³-hybridized carbons (Fsp3) is 1.00. The summed E-state index contributed by atoms with van der Waals surface area (Å²) in [5.74, 6) is 0. The molecule has 0 aromatic carbocycles. The summed E-state index contributed by atoms with van der Waals surface area (Å²) >= 11 is 0. The summed E-state index contributed by atoms with van der Waals surface area (Å²) in [5.41, 5.74) is 0. The molecule has 2 N–H and O–H groups in total. The van der Waals surface area contributed by atoms with E-state index in [1.807, 2.05) is 6.92 Å². The monoisotopic (exact) mass is 157 g/mol. The van der Waals surface area contributed by atoms with Crippen LogP contribution in [0, 0.1) is 0 Å². The number of piperidine rings is 1. The molecule has 1 heterocycles. The summed E-state index contributed by atoms with van der Waals surface area (Å²) in [6.45, 7) is 4.08. The number of hydrogen-bond acceptors (Lipinski definition) is 2. The van der Waals surface area contributed by atoms with Gasteiger partial charge in [-0.25, -0.2) is 0 Å². The molecule has 0 aliphatic carbocycles.